The first-order valence-corrected chi connectivity index (χ1v) is 8.01. The summed E-state index contributed by atoms with van der Waals surface area (Å²) in [5.41, 5.74) is 0.892. The number of ether oxygens (including phenoxy) is 3. The maximum absolute atomic E-state index is 5.45. The number of hydrogen-bond donors (Lipinski definition) is 2. The zero-order valence-corrected chi connectivity index (χ0v) is 17.6. The molecule has 24 heavy (non-hydrogen) atoms. The van der Waals surface area contributed by atoms with E-state index in [2.05, 4.69) is 22.5 Å². The number of aliphatic imine (C=N–C) groups is 1. The Labute approximate surface area is 162 Å². The van der Waals surface area contributed by atoms with Crippen molar-refractivity contribution in [2.75, 3.05) is 34.4 Å². The Kier molecular flexibility index (Phi) is 12.2. The molecule has 0 heterocycles. The lowest BCUT2D eigenvalue weighted by Crippen LogP contribution is -2.37. The Balaban J connectivity index is 0.00000529. The second-order valence-electron chi connectivity index (χ2n) is 4.99. The molecule has 0 bridgehead atoms. The topological polar surface area (TPSA) is 64.1 Å². The van der Waals surface area contributed by atoms with Crippen molar-refractivity contribution in [2.24, 2.45) is 4.99 Å². The van der Waals surface area contributed by atoms with Crippen LogP contribution >= 0.6 is 24.0 Å². The Bertz CT molecular complexity index is 485. The summed E-state index contributed by atoms with van der Waals surface area (Å²) in [6, 6.07) is 3.68. The first-order valence-electron chi connectivity index (χ1n) is 8.01. The predicted molar refractivity (Wildman–Crippen MR) is 109 cm³/mol. The highest BCUT2D eigenvalue weighted by Crippen LogP contribution is 2.34. The third-order valence-corrected chi connectivity index (χ3v) is 3.38. The van der Waals surface area contributed by atoms with Crippen molar-refractivity contribution in [1.82, 2.24) is 10.6 Å². The van der Waals surface area contributed by atoms with Crippen molar-refractivity contribution < 1.29 is 14.2 Å². The third-order valence-electron chi connectivity index (χ3n) is 3.38. The van der Waals surface area contributed by atoms with E-state index in [1.807, 2.05) is 19.1 Å². The summed E-state index contributed by atoms with van der Waals surface area (Å²) < 4.78 is 16.2. The van der Waals surface area contributed by atoms with Gasteiger partial charge in [-0.3, -0.25) is 0 Å². The summed E-state index contributed by atoms with van der Waals surface area (Å²) in [5.74, 6) is 2.89. The number of halogens is 1. The molecule has 0 unspecified atom stereocenters. The van der Waals surface area contributed by atoms with E-state index >= 15 is 0 Å². The molecule has 0 saturated heterocycles. The van der Waals surface area contributed by atoms with Crippen LogP contribution < -0.4 is 24.8 Å². The lowest BCUT2D eigenvalue weighted by molar-refractivity contribution is 0.369. The van der Waals surface area contributed by atoms with E-state index in [4.69, 9.17) is 14.2 Å². The second kappa shape index (κ2) is 13.0. The number of benzene rings is 1. The molecule has 0 radical (unpaired) electrons. The van der Waals surface area contributed by atoms with Crippen LogP contribution in [-0.2, 0) is 6.54 Å². The maximum Gasteiger partial charge on any atom is 0.191 e. The molecule has 0 amide bonds. The summed E-state index contributed by atoms with van der Waals surface area (Å²) >= 11 is 0. The zero-order valence-electron chi connectivity index (χ0n) is 15.3. The summed E-state index contributed by atoms with van der Waals surface area (Å²) in [6.45, 7) is 6.39. The van der Waals surface area contributed by atoms with Crippen molar-refractivity contribution in [1.29, 1.82) is 0 Å². The van der Waals surface area contributed by atoms with Gasteiger partial charge in [0.1, 0.15) is 17.2 Å². The van der Waals surface area contributed by atoms with Gasteiger partial charge < -0.3 is 24.8 Å². The highest BCUT2D eigenvalue weighted by atomic mass is 127. The van der Waals surface area contributed by atoms with Crippen molar-refractivity contribution in [2.45, 2.75) is 33.2 Å². The smallest absolute Gasteiger partial charge is 0.191 e. The molecule has 138 valence electrons. The van der Waals surface area contributed by atoms with Crippen LogP contribution in [0.1, 0.15) is 32.3 Å². The average Bonchev–Trinajstić information content (AvgIpc) is 2.58. The molecule has 1 aromatic rings. The number of rotatable bonds is 9. The molecule has 0 atom stereocenters. The van der Waals surface area contributed by atoms with E-state index in [0.29, 0.717) is 23.8 Å². The Morgan fingerprint density at radius 2 is 1.62 bits per heavy atom. The van der Waals surface area contributed by atoms with Crippen LogP contribution in [0, 0.1) is 0 Å². The quantitative estimate of drug-likeness (QED) is 0.261. The molecule has 0 aliphatic rings. The summed E-state index contributed by atoms with van der Waals surface area (Å²) in [4.78, 5) is 4.62. The largest absolute Gasteiger partial charge is 0.496 e. The highest BCUT2D eigenvalue weighted by Gasteiger charge is 2.13. The zero-order chi connectivity index (χ0) is 17.1. The van der Waals surface area contributed by atoms with Gasteiger partial charge in [0, 0.05) is 25.2 Å². The van der Waals surface area contributed by atoms with E-state index in [1.54, 1.807) is 21.3 Å². The van der Waals surface area contributed by atoms with E-state index < -0.39 is 0 Å². The monoisotopic (exact) mass is 451 g/mol. The standard InChI is InChI=1S/C17H29N3O3.HI/c1-6-8-9-19-17(18-7-2)20-12-14-15(22-4)10-13(21-3)11-16(14)23-5;/h10-11H,6-9,12H2,1-5H3,(H2,18,19,20);1H. The predicted octanol–water partition coefficient (Wildman–Crippen LogP) is 3.19. The fourth-order valence-corrected chi connectivity index (χ4v) is 2.12. The van der Waals surface area contributed by atoms with Gasteiger partial charge in [0.15, 0.2) is 5.96 Å². The van der Waals surface area contributed by atoms with Gasteiger partial charge in [-0.15, -0.1) is 24.0 Å². The molecule has 0 aliphatic heterocycles. The van der Waals surface area contributed by atoms with E-state index in [-0.39, 0.29) is 24.0 Å². The lowest BCUT2D eigenvalue weighted by atomic mass is 10.1. The Morgan fingerprint density at radius 3 is 2.08 bits per heavy atom. The molecule has 0 aromatic heterocycles. The minimum Gasteiger partial charge on any atom is -0.496 e. The van der Waals surface area contributed by atoms with Crippen LogP contribution in [0.3, 0.4) is 0 Å². The molecule has 1 aromatic carbocycles. The molecule has 6 nitrogen and oxygen atoms in total. The fourth-order valence-electron chi connectivity index (χ4n) is 2.12. The summed E-state index contributed by atoms with van der Waals surface area (Å²) in [7, 11) is 4.88. The van der Waals surface area contributed by atoms with Gasteiger partial charge in [0.25, 0.3) is 0 Å². The molecule has 0 fully saturated rings. The number of nitrogens with one attached hydrogen (secondary N) is 2. The van der Waals surface area contributed by atoms with Crippen LogP contribution in [0.4, 0.5) is 0 Å². The lowest BCUT2D eigenvalue weighted by Gasteiger charge is -2.15. The van der Waals surface area contributed by atoms with Gasteiger partial charge in [0.2, 0.25) is 0 Å². The number of guanidine groups is 1. The van der Waals surface area contributed by atoms with Crippen LogP contribution in [0.5, 0.6) is 17.2 Å². The first kappa shape index (κ1) is 22.6. The van der Waals surface area contributed by atoms with Crippen molar-refractivity contribution in [3.63, 3.8) is 0 Å². The molecule has 2 N–H and O–H groups in total. The van der Waals surface area contributed by atoms with Crippen molar-refractivity contribution in [3.05, 3.63) is 17.7 Å². The van der Waals surface area contributed by atoms with Crippen LogP contribution in [0.2, 0.25) is 0 Å². The molecule has 0 spiro atoms. The molecule has 7 heteroatoms. The third kappa shape index (κ3) is 7.02. The highest BCUT2D eigenvalue weighted by molar-refractivity contribution is 14.0. The number of hydrogen-bond acceptors (Lipinski definition) is 4. The molecule has 0 aliphatic carbocycles. The van der Waals surface area contributed by atoms with Crippen LogP contribution in [0.25, 0.3) is 0 Å². The van der Waals surface area contributed by atoms with Gasteiger partial charge >= 0.3 is 0 Å². The SMILES string of the molecule is CCCCNC(=NCc1c(OC)cc(OC)cc1OC)NCC.I. The maximum atomic E-state index is 5.45. The van der Waals surface area contributed by atoms with Crippen LogP contribution in [0.15, 0.2) is 17.1 Å². The first-order chi connectivity index (χ1) is 11.2. The molecule has 1 rings (SSSR count). The number of unbranched alkanes of at least 4 members (excludes halogenated alkanes) is 1. The number of nitrogens with zero attached hydrogens (tertiary/aromatic N) is 1. The summed E-state index contributed by atoms with van der Waals surface area (Å²) in [5, 5.41) is 6.56. The van der Waals surface area contributed by atoms with Gasteiger partial charge in [-0.25, -0.2) is 4.99 Å². The normalized spacial score (nSPS) is 10.6. The van der Waals surface area contributed by atoms with Gasteiger partial charge in [-0.05, 0) is 13.3 Å². The fraction of sp³-hybridized carbons (Fsp3) is 0.588. The van der Waals surface area contributed by atoms with Crippen molar-refractivity contribution in [3.8, 4) is 17.2 Å². The van der Waals surface area contributed by atoms with Gasteiger partial charge in [0.05, 0.1) is 33.4 Å². The van der Waals surface area contributed by atoms with E-state index in [9.17, 15) is 0 Å². The molecular formula is C17H30IN3O3. The van der Waals surface area contributed by atoms with Crippen LogP contribution in [-0.4, -0.2) is 40.4 Å². The minimum absolute atomic E-state index is 0. The van der Waals surface area contributed by atoms with Gasteiger partial charge in [-0.2, -0.15) is 0 Å². The summed E-state index contributed by atoms with van der Waals surface area (Å²) in [6.07, 6.45) is 2.26. The van der Waals surface area contributed by atoms with E-state index in [1.165, 1.54) is 0 Å². The van der Waals surface area contributed by atoms with Crippen molar-refractivity contribution >= 4 is 29.9 Å². The Hall–Kier alpha value is -1.38. The minimum atomic E-state index is 0. The average molecular weight is 451 g/mol. The molecular weight excluding hydrogens is 421 g/mol. The molecule has 0 saturated carbocycles. The number of methoxy groups -OCH3 is 3. The Morgan fingerprint density at radius 1 is 1.00 bits per heavy atom. The van der Waals surface area contributed by atoms with Gasteiger partial charge in [-0.1, -0.05) is 13.3 Å². The second-order valence-corrected chi connectivity index (χ2v) is 4.99. The van der Waals surface area contributed by atoms with E-state index in [0.717, 1.165) is 37.5 Å².